The van der Waals surface area contributed by atoms with Crippen LogP contribution in [-0.2, 0) is 7.05 Å². The zero-order valence-corrected chi connectivity index (χ0v) is 10.6. The van der Waals surface area contributed by atoms with Gasteiger partial charge in [0.2, 0.25) is 5.88 Å². The fourth-order valence-electron chi connectivity index (χ4n) is 1.69. The molecule has 0 saturated carbocycles. The zero-order valence-electron chi connectivity index (χ0n) is 10.6. The highest BCUT2D eigenvalue weighted by Gasteiger charge is 2.17. The van der Waals surface area contributed by atoms with E-state index >= 15 is 0 Å². The first kappa shape index (κ1) is 12.1. The molecule has 6 heteroatoms. The average Bonchev–Trinajstić information content (AvgIpc) is 2.57. The van der Waals surface area contributed by atoms with E-state index in [1.807, 2.05) is 19.1 Å². The molecular formula is C12H15N5O. The number of nitrogens with two attached hydrogens (primary N) is 1. The Labute approximate surface area is 105 Å². The standard InChI is InChI=1S/C12H15N5O/c1-7-4-5-9(6-15-7)18-12-10(11(13)14)8(2)16-17(12)3/h4-6H,1-3H3,(H3,13,14). The van der Waals surface area contributed by atoms with Crippen LogP contribution in [0.5, 0.6) is 11.6 Å². The van der Waals surface area contributed by atoms with E-state index in [0.29, 0.717) is 22.9 Å². The number of pyridine rings is 1. The number of hydrogen-bond acceptors (Lipinski definition) is 4. The molecule has 0 atom stereocenters. The van der Waals surface area contributed by atoms with Crippen molar-refractivity contribution >= 4 is 5.84 Å². The second kappa shape index (κ2) is 4.48. The molecular weight excluding hydrogens is 230 g/mol. The van der Waals surface area contributed by atoms with E-state index in [1.54, 1.807) is 24.9 Å². The first-order valence-electron chi connectivity index (χ1n) is 5.47. The van der Waals surface area contributed by atoms with Gasteiger partial charge < -0.3 is 10.5 Å². The lowest BCUT2D eigenvalue weighted by molar-refractivity contribution is 0.428. The Morgan fingerprint density at radius 1 is 1.39 bits per heavy atom. The number of ether oxygens (including phenoxy) is 1. The van der Waals surface area contributed by atoms with E-state index in [4.69, 9.17) is 15.9 Å². The van der Waals surface area contributed by atoms with Crippen LogP contribution < -0.4 is 10.5 Å². The van der Waals surface area contributed by atoms with Crippen LogP contribution in [0.2, 0.25) is 0 Å². The molecule has 0 unspecified atom stereocenters. The van der Waals surface area contributed by atoms with Crippen molar-refractivity contribution in [2.24, 2.45) is 12.8 Å². The van der Waals surface area contributed by atoms with Crippen LogP contribution in [0.4, 0.5) is 0 Å². The summed E-state index contributed by atoms with van der Waals surface area (Å²) in [5.74, 6) is 0.979. The zero-order chi connectivity index (χ0) is 13.3. The minimum absolute atomic E-state index is 0.0596. The summed E-state index contributed by atoms with van der Waals surface area (Å²) in [6.07, 6.45) is 1.63. The van der Waals surface area contributed by atoms with Crippen LogP contribution in [0.25, 0.3) is 0 Å². The van der Waals surface area contributed by atoms with E-state index in [-0.39, 0.29) is 5.84 Å². The van der Waals surface area contributed by atoms with E-state index in [9.17, 15) is 0 Å². The summed E-state index contributed by atoms with van der Waals surface area (Å²) < 4.78 is 7.26. The Morgan fingerprint density at radius 2 is 2.11 bits per heavy atom. The van der Waals surface area contributed by atoms with Gasteiger partial charge in [-0.3, -0.25) is 10.4 Å². The molecule has 94 valence electrons. The Bertz CT molecular complexity index is 585. The lowest BCUT2D eigenvalue weighted by atomic mass is 10.2. The summed E-state index contributed by atoms with van der Waals surface area (Å²) in [4.78, 5) is 4.15. The summed E-state index contributed by atoms with van der Waals surface area (Å²) >= 11 is 0. The van der Waals surface area contributed by atoms with Gasteiger partial charge in [-0.05, 0) is 26.0 Å². The maximum Gasteiger partial charge on any atom is 0.228 e. The Balaban J connectivity index is 2.39. The van der Waals surface area contributed by atoms with Crippen molar-refractivity contribution in [1.82, 2.24) is 14.8 Å². The summed E-state index contributed by atoms with van der Waals surface area (Å²) in [5, 5.41) is 11.8. The first-order valence-corrected chi connectivity index (χ1v) is 5.47. The molecule has 2 aromatic heterocycles. The summed E-state index contributed by atoms with van der Waals surface area (Å²) in [6.45, 7) is 3.69. The molecule has 0 saturated heterocycles. The minimum Gasteiger partial charge on any atom is -0.437 e. The molecule has 0 bridgehead atoms. The van der Waals surface area contributed by atoms with Gasteiger partial charge in [-0.1, -0.05) is 0 Å². The lowest BCUT2D eigenvalue weighted by Gasteiger charge is -2.07. The van der Waals surface area contributed by atoms with Crippen LogP contribution in [0.3, 0.4) is 0 Å². The third kappa shape index (κ3) is 2.17. The van der Waals surface area contributed by atoms with E-state index in [2.05, 4.69) is 10.1 Å². The Morgan fingerprint density at radius 3 is 2.67 bits per heavy atom. The highest BCUT2D eigenvalue weighted by atomic mass is 16.5. The second-order valence-corrected chi connectivity index (χ2v) is 4.04. The van der Waals surface area contributed by atoms with E-state index < -0.39 is 0 Å². The summed E-state index contributed by atoms with van der Waals surface area (Å²) in [6, 6.07) is 3.67. The molecule has 0 aliphatic carbocycles. The van der Waals surface area contributed by atoms with Crippen molar-refractivity contribution in [2.75, 3.05) is 0 Å². The Kier molecular flexibility index (Phi) is 3.01. The molecule has 0 aliphatic rings. The predicted octanol–water partition coefficient (Wildman–Crippen LogP) is 1.51. The van der Waals surface area contributed by atoms with Gasteiger partial charge in [0.05, 0.1) is 11.9 Å². The van der Waals surface area contributed by atoms with Gasteiger partial charge in [0.15, 0.2) is 0 Å². The summed E-state index contributed by atoms with van der Waals surface area (Å²) in [5.41, 5.74) is 7.63. The number of nitrogen functional groups attached to an aromatic ring is 1. The third-order valence-corrected chi connectivity index (χ3v) is 2.54. The van der Waals surface area contributed by atoms with Crippen molar-refractivity contribution in [2.45, 2.75) is 13.8 Å². The fraction of sp³-hybridized carbons (Fsp3) is 0.250. The van der Waals surface area contributed by atoms with Crippen LogP contribution in [0.1, 0.15) is 17.0 Å². The SMILES string of the molecule is Cc1ccc(Oc2c(C(=N)N)c(C)nn2C)cn1. The number of nitrogens with one attached hydrogen (secondary N) is 1. The Hall–Kier alpha value is -2.37. The largest absolute Gasteiger partial charge is 0.437 e. The number of hydrogen-bond donors (Lipinski definition) is 2. The molecule has 0 fully saturated rings. The number of aryl methyl sites for hydroxylation is 3. The molecule has 0 radical (unpaired) electrons. The number of rotatable bonds is 3. The lowest BCUT2D eigenvalue weighted by Crippen LogP contribution is -2.13. The fourth-order valence-corrected chi connectivity index (χ4v) is 1.69. The molecule has 0 aromatic carbocycles. The second-order valence-electron chi connectivity index (χ2n) is 4.04. The predicted molar refractivity (Wildman–Crippen MR) is 68.0 cm³/mol. The molecule has 0 aliphatic heterocycles. The van der Waals surface area contributed by atoms with Crippen LogP contribution in [-0.4, -0.2) is 20.6 Å². The van der Waals surface area contributed by atoms with Crippen molar-refractivity contribution in [3.63, 3.8) is 0 Å². The maximum atomic E-state index is 7.56. The van der Waals surface area contributed by atoms with Gasteiger partial charge in [-0.2, -0.15) is 5.10 Å². The topological polar surface area (TPSA) is 89.8 Å². The molecule has 2 rings (SSSR count). The number of amidine groups is 1. The number of aromatic nitrogens is 3. The van der Waals surface area contributed by atoms with Gasteiger partial charge in [0.25, 0.3) is 0 Å². The van der Waals surface area contributed by atoms with Gasteiger partial charge in [-0.15, -0.1) is 0 Å². The smallest absolute Gasteiger partial charge is 0.228 e. The molecule has 2 heterocycles. The normalized spacial score (nSPS) is 10.4. The van der Waals surface area contributed by atoms with Gasteiger partial charge >= 0.3 is 0 Å². The molecule has 0 amide bonds. The molecule has 2 aromatic rings. The van der Waals surface area contributed by atoms with Crippen molar-refractivity contribution in [1.29, 1.82) is 5.41 Å². The molecule has 18 heavy (non-hydrogen) atoms. The van der Waals surface area contributed by atoms with Gasteiger partial charge in [0, 0.05) is 12.7 Å². The quantitative estimate of drug-likeness (QED) is 0.633. The molecule has 0 spiro atoms. The van der Waals surface area contributed by atoms with Crippen molar-refractivity contribution in [3.05, 3.63) is 35.3 Å². The average molecular weight is 245 g/mol. The van der Waals surface area contributed by atoms with Gasteiger partial charge in [0.1, 0.15) is 17.1 Å². The van der Waals surface area contributed by atoms with Crippen molar-refractivity contribution in [3.8, 4) is 11.6 Å². The van der Waals surface area contributed by atoms with Crippen molar-refractivity contribution < 1.29 is 4.74 Å². The van der Waals surface area contributed by atoms with E-state index in [1.165, 1.54) is 0 Å². The van der Waals surface area contributed by atoms with Crippen LogP contribution in [0, 0.1) is 19.3 Å². The van der Waals surface area contributed by atoms with Crippen LogP contribution >= 0.6 is 0 Å². The minimum atomic E-state index is -0.0596. The molecule has 6 nitrogen and oxygen atoms in total. The summed E-state index contributed by atoms with van der Waals surface area (Å²) in [7, 11) is 1.75. The van der Waals surface area contributed by atoms with Gasteiger partial charge in [-0.25, -0.2) is 4.68 Å². The highest BCUT2D eigenvalue weighted by molar-refractivity contribution is 5.98. The monoisotopic (exact) mass is 245 g/mol. The maximum absolute atomic E-state index is 7.56. The highest BCUT2D eigenvalue weighted by Crippen LogP contribution is 2.26. The number of nitrogens with zero attached hydrogens (tertiary/aromatic N) is 3. The third-order valence-electron chi connectivity index (χ3n) is 2.54. The van der Waals surface area contributed by atoms with Crippen LogP contribution in [0.15, 0.2) is 18.3 Å². The molecule has 3 N–H and O–H groups in total. The van der Waals surface area contributed by atoms with E-state index in [0.717, 1.165) is 5.69 Å². The first-order chi connectivity index (χ1) is 8.49.